The van der Waals surface area contributed by atoms with Gasteiger partial charge in [-0.25, -0.2) is 9.79 Å². The molecule has 0 spiro atoms. The Morgan fingerprint density at radius 3 is 3.00 bits per heavy atom. The second kappa shape index (κ2) is 3.90. The number of aliphatic carboxylic acids is 1. The molecule has 12 heavy (non-hydrogen) atoms. The highest BCUT2D eigenvalue weighted by atomic mass is 16.5. The van der Waals surface area contributed by atoms with Crippen LogP contribution < -0.4 is 0 Å². The zero-order valence-corrected chi connectivity index (χ0v) is 6.86. The molecule has 0 aromatic rings. The number of carboxylic acid groups (broad SMARTS) is 1. The van der Waals surface area contributed by atoms with Crippen molar-refractivity contribution in [2.75, 3.05) is 6.61 Å². The molecule has 4 nitrogen and oxygen atoms in total. The van der Waals surface area contributed by atoms with Crippen LogP contribution in [0.2, 0.25) is 0 Å². The Hall–Kier alpha value is -1.32. The number of rotatable bonds is 2. The van der Waals surface area contributed by atoms with Gasteiger partial charge < -0.3 is 9.84 Å². The van der Waals surface area contributed by atoms with Gasteiger partial charge in [-0.1, -0.05) is 12.2 Å². The first-order valence-corrected chi connectivity index (χ1v) is 3.77. The van der Waals surface area contributed by atoms with Crippen molar-refractivity contribution in [2.45, 2.75) is 19.4 Å². The Labute approximate surface area is 70.6 Å². The first-order chi connectivity index (χ1) is 5.70. The van der Waals surface area contributed by atoms with Crippen molar-refractivity contribution in [2.24, 2.45) is 4.99 Å². The van der Waals surface area contributed by atoms with Gasteiger partial charge in [0.15, 0.2) is 5.90 Å². The van der Waals surface area contributed by atoms with Crippen LogP contribution in [0.25, 0.3) is 0 Å². The van der Waals surface area contributed by atoms with Crippen molar-refractivity contribution in [3.05, 3.63) is 12.2 Å². The molecule has 4 heteroatoms. The minimum absolute atomic E-state index is 0.491. The average molecular weight is 169 g/mol. The fourth-order valence-electron chi connectivity index (χ4n) is 0.817. The molecule has 66 valence electrons. The maximum absolute atomic E-state index is 10.4. The first kappa shape index (κ1) is 8.77. The topological polar surface area (TPSA) is 58.9 Å². The number of nitrogens with zero attached hydrogens (tertiary/aromatic N) is 1. The molecule has 0 saturated carbocycles. The number of carboxylic acids is 1. The number of ether oxygens (including phenoxy) is 1. The van der Waals surface area contributed by atoms with Crippen LogP contribution in [0.15, 0.2) is 17.1 Å². The summed E-state index contributed by atoms with van der Waals surface area (Å²) in [6, 6.07) is -0.716. The lowest BCUT2D eigenvalue weighted by Crippen LogP contribution is -2.18. The third-order valence-corrected chi connectivity index (χ3v) is 1.50. The molecular weight excluding hydrogens is 158 g/mol. The minimum Gasteiger partial charge on any atom is -0.480 e. The summed E-state index contributed by atoms with van der Waals surface area (Å²) in [4.78, 5) is 14.3. The summed E-state index contributed by atoms with van der Waals surface area (Å²) in [5.41, 5.74) is 0. The predicted molar refractivity (Wildman–Crippen MR) is 44.2 cm³/mol. The maximum Gasteiger partial charge on any atom is 0.328 e. The highest BCUT2D eigenvalue weighted by molar-refractivity contribution is 5.82. The summed E-state index contributed by atoms with van der Waals surface area (Å²) in [6.07, 6.45) is 4.39. The van der Waals surface area contributed by atoms with Gasteiger partial charge in [0, 0.05) is 6.42 Å². The number of hydrogen-bond acceptors (Lipinski definition) is 3. The molecule has 1 rings (SSSR count). The zero-order chi connectivity index (χ0) is 8.97. The van der Waals surface area contributed by atoms with Crippen LogP contribution in [0.3, 0.4) is 0 Å². The third-order valence-electron chi connectivity index (χ3n) is 1.50. The van der Waals surface area contributed by atoms with E-state index in [1.54, 1.807) is 0 Å². The Balaban J connectivity index is 2.55. The van der Waals surface area contributed by atoms with Crippen molar-refractivity contribution < 1.29 is 14.6 Å². The highest BCUT2D eigenvalue weighted by Crippen LogP contribution is 2.02. The molecule has 1 heterocycles. The van der Waals surface area contributed by atoms with Gasteiger partial charge >= 0.3 is 5.97 Å². The smallest absolute Gasteiger partial charge is 0.328 e. The van der Waals surface area contributed by atoms with Gasteiger partial charge in [0.1, 0.15) is 12.6 Å². The Kier molecular flexibility index (Phi) is 2.85. The second-order valence-corrected chi connectivity index (χ2v) is 2.52. The van der Waals surface area contributed by atoms with Crippen LogP contribution in [0.5, 0.6) is 0 Å². The van der Waals surface area contributed by atoms with E-state index in [2.05, 4.69) is 4.99 Å². The van der Waals surface area contributed by atoms with E-state index in [1.165, 1.54) is 6.92 Å². The summed E-state index contributed by atoms with van der Waals surface area (Å²) in [5, 5.41) is 8.53. The van der Waals surface area contributed by atoms with E-state index in [1.807, 2.05) is 12.2 Å². The molecule has 0 fully saturated rings. The van der Waals surface area contributed by atoms with E-state index in [-0.39, 0.29) is 0 Å². The zero-order valence-electron chi connectivity index (χ0n) is 6.86. The lowest BCUT2D eigenvalue weighted by atomic mass is 10.3. The fourth-order valence-corrected chi connectivity index (χ4v) is 0.817. The molecule has 0 amide bonds. The second-order valence-electron chi connectivity index (χ2n) is 2.52. The van der Waals surface area contributed by atoms with Crippen LogP contribution in [0.4, 0.5) is 0 Å². The largest absolute Gasteiger partial charge is 0.480 e. The van der Waals surface area contributed by atoms with Crippen LogP contribution >= 0.6 is 0 Å². The van der Waals surface area contributed by atoms with Crippen molar-refractivity contribution in [3.63, 3.8) is 0 Å². The van der Waals surface area contributed by atoms with Gasteiger partial charge in [-0.05, 0) is 6.92 Å². The molecule has 0 saturated heterocycles. The van der Waals surface area contributed by atoms with E-state index in [0.717, 1.165) is 0 Å². The summed E-state index contributed by atoms with van der Waals surface area (Å²) < 4.78 is 5.10. The molecule has 0 aliphatic carbocycles. The monoisotopic (exact) mass is 169 g/mol. The van der Waals surface area contributed by atoms with Crippen LogP contribution in [0, 0.1) is 0 Å². The average Bonchev–Trinajstić information content (AvgIpc) is 2.06. The molecule has 0 aromatic heterocycles. The Bertz CT molecular complexity index is 232. The van der Waals surface area contributed by atoms with E-state index < -0.39 is 12.0 Å². The Morgan fingerprint density at radius 2 is 2.50 bits per heavy atom. The molecule has 0 unspecified atom stereocenters. The molecular formula is C8H11NO3. The third kappa shape index (κ3) is 2.38. The number of hydrogen-bond donors (Lipinski definition) is 1. The minimum atomic E-state index is -0.930. The highest BCUT2D eigenvalue weighted by Gasteiger charge is 2.11. The molecule has 0 radical (unpaired) electrons. The molecule has 1 N–H and O–H groups in total. The molecule has 1 atom stereocenters. The lowest BCUT2D eigenvalue weighted by Gasteiger charge is -2.10. The van der Waals surface area contributed by atoms with E-state index in [4.69, 9.17) is 9.84 Å². The standard InChI is InChI=1S/C8H11NO3/c1-6(8(10)11)9-7-4-2-3-5-12-7/h2-3,6H,4-5H2,1H3,(H,10,11)/t6-/m0/s1. The Morgan fingerprint density at radius 1 is 1.75 bits per heavy atom. The summed E-state index contributed by atoms with van der Waals surface area (Å²) >= 11 is 0. The first-order valence-electron chi connectivity index (χ1n) is 3.77. The van der Waals surface area contributed by atoms with Crippen molar-refractivity contribution in [3.8, 4) is 0 Å². The van der Waals surface area contributed by atoms with E-state index in [0.29, 0.717) is 18.9 Å². The molecule has 0 aromatic carbocycles. The van der Waals surface area contributed by atoms with Gasteiger partial charge in [-0.2, -0.15) is 0 Å². The predicted octanol–water partition coefficient (Wildman–Crippen LogP) is 0.835. The van der Waals surface area contributed by atoms with Gasteiger partial charge in [0.05, 0.1) is 0 Å². The van der Waals surface area contributed by atoms with Crippen molar-refractivity contribution in [1.29, 1.82) is 0 Å². The van der Waals surface area contributed by atoms with Crippen LogP contribution in [0.1, 0.15) is 13.3 Å². The van der Waals surface area contributed by atoms with Gasteiger partial charge in [-0.15, -0.1) is 0 Å². The van der Waals surface area contributed by atoms with Crippen LogP contribution in [-0.4, -0.2) is 29.6 Å². The number of aliphatic imine (C=N–C) groups is 1. The quantitative estimate of drug-likeness (QED) is 0.623. The molecule has 1 aliphatic heterocycles. The lowest BCUT2D eigenvalue weighted by molar-refractivity contribution is -0.138. The van der Waals surface area contributed by atoms with Gasteiger partial charge in [0.2, 0.25) is 0 Å². The van der Waals surface area contributed by atoms with Crippen LogP contribution in [-0.2, 0) is 9.53 Å². The van der Waals surface area contributed by atoms with E-state index in [9.17, 15) is 4.79 Å². The number of carbonyl (C=O) groups is 1. The summed E-state index contributed by atoms with van der Waals surface area (Å²) in [7, 11) is 0. The fraction of sp³-hybridized carbons (Fsp3) is 0.500. The SMILES string of the molecule is C[C@H](N=C1CC=CCO1)C(=O)O. The van der Waals surface area contributed by atoms with Crippen molar-refractivity contribution in [1.82, 2.24) is 0 Å². The van der Waals surface area contributed by atoms with Crippen molar-refractivity contribution >= 4 is 11.9 Å². The van der Waals surface area contributed by atoms with Gasteiger partial charge in [0.25, 0.3) is 0 Å². The summed E-state index contributed by atoms with van der Waals surface area (Å²) in [6.45, 7) is 2.02. The normalized spacial score (nSPS) is 21.9. The van der Waals surface area contributed by atoms with E-state index >= 15 is 0 Å². The van der Waals surface area contributed by atoms with Gasteiger partial charge in [-0.3, -0.25) is 0 Å². The summed E-state index contributed by atoms with van der Waals surface area (Å²) in [5.74, 6) is -0.423. The molecule has 0 bridgehead atoms. The molecule has 1 aliphatic rings. The maximum atomic E-state index is 10.4.